The van der Waals surface area contributed by atoms with Crippen molar-refractivity contribution in [1.82, 2.24) is 0 Å². The van der Waals surface area contributed by atoms with E-state index in [0.717, 1.165) is 6.42 Å². The molecule has 0 N–H and O–H groups in total. The van der Waals surface area contributed by atoms with E-state index >= 15 is 0 Å². The van der Waals surface area contributed by atoms with Gasteiger partial charge in [-0.1, -0.05) is 84.9 Å². The zero-order chi connectivity index (χ0) is 18.9. The zero-order valence-electron chi connectivity index (χ0n) is 15.9. The van der Waals surface area contributed by atoms with Crippen molar-refractivity contribution in [3.63, 3.8) is 0 Å². The van der Waals surface area contributed by atoms with Crippen LogP contribution in [0.25, 0.3) is 54.2 Å². The molecule has 1 aliphatic rings. The lowest BCUT2D eigenvalue weighted by atomic mass is 9.93. The molecule has 6 aromatic rings. The predicted molar refractivity (Wildman–Crippen MR) is 125 cm³/mol. The lowest BCUT2D eigenvalue weighted by Crippen LogP contribution is -1.85. The molecule has 0 nitrogen and oxygen atoms in total. The monoisotopic (exact) mass is 366 g/mol. The summed E-state index contributed by atoms with van der Waals surface area (Å²) in [5.41, 5.74) is 5.76. The first-order valence-corrected chi connectivity index (χ1v) is 10.2. The van der Waals surface area contributed by atoms with Gasteiger partial charge in [-0.05, 0) is 83.9 Å². The molecule has 0 spiro atoms. The highest BCUT2D eigenvalue weighted by atomic mass is 14.3. The van der Waals surface area contributed by atoms with Gasteiger partial charge in [0.2, 0.25) is 0 Å². The number of rotatable bonds is 0. The summed E-state index contributed by atoms with van der Waals surface area (Å²) in [5, 5.41) is 10.7. The molecule has 0 radical (unpaired) electrons. The van der Waals surface area contributed by atoms with Crippen molar-refractivity contribution in [2.45, 2.75) is 6.42 Å². The van der Waals surface area contributed by atoms with Crippen LogP contribution in [0.4, 0.5) is 0 Å². The van der Waals surface area contributed by atoms with Crippen LogP contribution in [0.2, 0.25) is 0 Å². The van der Waals surface area contributed by atoms with Gasteiger partial charge in [-0.25, -0.2) is 0 Å². The second kappa shape index (κ2) is 5.46. The van der Waals surface area contributed by atoms with Crippen LogP contribution in [-0.2, 0) is 6.42 Å². The van der Waals surface area contributed by atoms with E-state index in [4.69, 9.17) is 0 Å². The average molecular weight is 366 g/mol. The smallest absolute Gasteiger partial charge is 0.000705 e. The highest BCUT2D eigenvalue weighted by Crippen LogP contribution is 2.45. The van der Waals surface area contributed by atoms with Crippen molar-refractivity contribution in [2.24, 2.45) is 0 Å². The molecule has 0 fully saturated rings. The van der Waals surface area contributed by atoms with Gasteiger partial charge in [0.05, 0.1) is 0 Å². The molecule has 0 saturated heterocycles. The Kier molecular flexibility index (Phi) is 2.88. The van der Waals surface area contributed by atoms with Gasteiger partial charge in [0, 0.05) is 0 Å². The van der Waals surface area contributed by atoms with Crippen LogP contribution in [0, 0.1) is 0 Å². The number of hydrogen-bond acceptors (Lipinski definition) is 0. The highest BCUT2D eigenvalue weighted by Gasteiger charge is 2.23. The Morgan fingerprint density at radius 3 is 2.07 bits per heavy atom. The summed E-state index contributed by atoms with van der Waals surface area (Å²) < 4.78 is 0. The van der Waals surface area contributed by atoms with Crippen LogP contribution < -0.4 is 0 Å². The Hall–Kier alpha value is -3.64. The van der Waals surface area contributed by atoms with Gasteiger partial charge in [-0.3, -0.25) is 0 Å². The van der Waals surface area contributed by atoms with E-state index in [2.05, 4.69) is 97.1 Å². The van der Waals surface area contributed by atoms with Crippen molar-refractivity contribution in [1.29, 1.82) is 0 Å². The minimum atomic E-state index is 1.02. The van der Waals surface area contributed by atoms with Gasteiger partial charge in [0.15, 0.2) is 0 Å². The fraction of sp³-hybridized carbons (Fsp3) is 0.0345. The Morgan fingerprint density at radius 1 is 0.448 bits per heavy atom. The summed E-state index contributed by atoms with van der Waals surface area (Å²) in [6.07, 6.45) is 1.02. The van der Waals surface area contributed by atoms with Gasteiger partial charge in [0.1, 0.15) is 0 Å². The van der Waals surface area contributed by atoms with E-state index in [-0.39, 0.29) is 0 Å². The first-order chi connectivity index (χ1) is 14.4. The van der Waals surface area contributed by atoms with Crippen molar-refractivity contribution < 1.29 is 0 Å². The summed E-state index contributed by atoms with van der Waals surface area (Å²) in [6, 6.07) is 36.0. The summed E-state index contributed by atoms with van der Waals surface area (Å²) in [6.45, 7) is 0. The van der Waals surface area contributed by atoms with E-state index in [1.165, 1.54) is 65.3 Å². The molecule has 0 aromatic heterocycles. The first-order valence-electron chi connectivity index (χ1n) is 10.2. The van der Waals surface area contributed by atoms with Crippen molar-refractivity contribution in [2.75, 3.05) is 0 Å². The summed E-state index contributed by atoms with van der Waals surface area (Å²) in [7, 11) is 0. The Bertz CT molecular complexity index is 1620. The highest BCUT2D eigenvalue weighted by molar-refractivity contribution is 6.15. The molecular formula is C29H18. The largest absolute Gasteiger partial charge is 0.0616 e. The summed E-state index contributed by atoms with van der Waals surface area (Å²) >= 11 is 0. The molecule has 0 atom stereocenters. The van der Waals surface area contributed by atoms with Crippen LogP contribution in [-0.4, -0.2) is 0 Å². The van der Waals surface area contributed by atoms with Crippen LogP contribution in [0.3, 0.4) is 0 Å². The molecule has 0 unspecified atom stereocenters. The first kappa shape index (κ1) is 15.3. The third-order valence-electron chi connectivity index (χ3n) is 6.65. The number of fused-ring (bicyclic) bond motifs is 10. The van der Waals surface area contributed by atoms with Gasteiger partial charge < -0.3 is 0 Å². The topological polar surface area (TPSA) is 0 Å². The quantitative estimate of drug-likeness (QED) is 0.189. The van der Waals surface area contributed by atoms with E-state index in [0.29, 0.717) is 0 Å². The molecule has 0 aliphatic heterocycles. The molecule has 1 aliphatic carbocycles. The lowest BCUT2D eigenvalue weighted by molar-refractivity contribution is 1.29. The third kappa shape index (κ3) is 2.04. The number of benzene rings is 6. The molecule has 0 heteroatoms. The van der Waals surface area contributed by atoms with E-state index in [9.17, 15) is 0 Å². The van der Waals surface area contributed by atoms with E-state index < -0.39 is 0 Å². The molecule has 0 amide bonds. The average Bonchev–Trinajstić information content (AvgIpc) is 3.17. The van der Waals surface area contributed by atoms with Gasteiger partial charge in [-0.2, -0.15) is 0 Å². The third-order valence-corrected chi connectivity index (χ3v) is 6.65. The zero-order valence-corrected chi connectivity index (χ0v) is 15.9. The second-order valence-corrected chi connectivity index (χ2v) is 8.17. The molecule has 29 heavy (non-hydrogen) atoms. The van der Waals surface area contributed by atoms with E-state index in [1.807, 2.05) is 0 Å². The number of hydrogen-bond donors (Lipinski definition) is 0. The Labute approximate surface area is 169 Å². The van der Waals surface area contributed by atoms with E-state index in [1.54, 1.807) is 0 Å². The fourth-order valence-electron chi connectivity index (χ4n) is 5.29. The van der Waals surface area contributed by atoms with Crippen LogP contribution in [0.1, 0.15) is 11.1 Å². The lowest BCUT2D eigenvalue weighted by Gasteiger charge is -2.11. The molecule has 0 saturated carbocycles. The maximum Gasteiger partial charge on any atom is -0.000705 e. The van der Waals surface area contributed by atoms with Crippen molar-refractivity contribution >= 4 is 43.1 Å². The summed E-state index contributed by atoms with van der Waals surface area (Å²) in [4.78, 5) is 0. The van der Waals surface area contributed by atoms with Gasteiger partial charge in [0.25, 0.3) is 0 Å². The van der Waals surface area contributed by atoms with Crippen molar-refractivity contribution in [3.8, 4) is 11.1 Å². The molecular weight excluding hydrogens is 348 g/mol. The van der Waals surface area contributed by atoms with Gasteiger partial charge in [-0.15, -0.1) is 0 Å². The molecule has 134 valence electrons. The van der Waals surface area contributed by atoms with Gasteiger partial charge >= 0.3 is 0 Å². The molecule has 7 rings (SSSR count). The van der Waals surface area contributed by atoms with Crippen LogP contribution >= 0.6 is 0 Å². The Balaban J connectivity index is 1.58. The van der Waals surface area contributed by atoms with Crippen LogP contribution in [0.15, 0.2) is 97.1 Å². The van der Waals surface area contributed by atoms with Crippen molar-refractivity contribution in [3.05, 3.63) is 108 Å². The summed E-state index contributed by atoms with van der Waals surface area (Å²) in [5.74, 6) is 0. The second-order valence-electron chi connectivity index (χ2n) is 8.17. The molecule has 0 bridgehead atoms. The minimum absolute atomic E-state index is 1.02. The SMILES string of the molecule is c1ccc2cc3c4c(ccc3cc2c1)-c1c(ccc2c1ccc1ccccc12)C4. The standard InChI is InChI=1S/C29H18/c1-2-7-20-16-27-21(15-19(20)6-1)10-14-26-28(27)17-22-11-12-24-23-8-4-3-5-18(23)9-13-25(24)29(22)26/h1-16H,17H2. The molecule has 6 aromatic carbocycles. The maximum absolute atomic E-state index is 2.38. The molecule has 0 heterocycles. The predicted octanol–water partition coefficient (Wildman–Crippen LogP) is 7.87. The minimum Gasteiger partial charge on any atom is -0.0616 e. The Morgan fingerprint density at radius 2 is 1.17 bits per heavy atom. The fourth-order valence-corrected chi connectivity index (χ4v) is 5.29. The maximum atomic E-state index is 2.38. The normalized spacial score (nSPS) is 12.7. The van der Waals surface area contributed by atoms with Crippen LogP contribution in [0.5, 0.6) is 0 Å².